The van der Waals surface area contributed by atoms with Crippen LogP contribution in [0.4, 0.5) is 5.69 Å². The van der Waals surface area contributed by atoms with Crippen molar-refractivity contribution in [1.82, 2.24) is 0 Å². The molecule has 0 unspecified atom stereocenters. The molecule has 0 atom stereocenters. The van der Waals surface area contributed by atoms with E-state index in [-0.39, 0.29) is 4.90 Å². The lowest BCUT2D eigenvalue weighted by atomic mass is 10.1. The van der Waals surface area contributed by atoms with Gasteiger partial charge in [0.25, 0.3) is 10.1 Å². The molecule has 0 radical (unpaired) electrons. The van der Waals surface area contributed by atoms with Crippen LogP contribution in [0.5, 0.6) is 0 Å². The Labute approximate surface area is 132 Å². The summed E-state index contributed by atoms with van der Waals surface area (Å²) in [4.78, 5) is 2.13. The second-order valence-corrected chi connectivity index (χ2v) is 6.54. The number of hydrogen-bond donors (Lipinski definition) is 1. The predicted octanol–water partition coefficient (Wildman–Crippen LogP) is 3.52. The van der Waals surface area contributed by atoms with Gasteiger partial charge in [-0.3, -0.25) is 4.55 Å². The first-order valence-electron chi connectivity index (χ1n) is 7.35. The van der Waals surface area contributed by atoms with Crippen molar-refractivity contribution in [3.8, 4) is 0 Å². The van der Waals surface area contributed by atoms with Gasteiger partial charge in [-0.15, -0.1) is 0 Å². The fraction of sp³-hybridized carbons (Fsp3) is 0.294. The Morgan fingerprint density at radius 1 is 1.05 bits per heavy atom. The SMILES string of the molecule is CCc1ccccc1N(CC)Cc1cccc(S(=O)(=O)O)c1. The predicted molar refractivity (Wildman–Crippen MR) is 88.8 cm³/mol. The van der Waals surface area contributed by atoms with Crippen LogP contribution in [0.15, 0.2) is 53.4 Å². The maximum Gasteiger partial charge on any atom is 0.294 e. The zero-order valence-corrected chi connectivity index (χ0v) is 13.7. The average molecular weight is 319 g/mol. The molecule has 0 saturated carbocycles. The van der Waals surface area contributed by atoms with E-state index in [4.69, 9.17) is 4.55 Å². The van der Waals surface area contributed by atoms with Crippen molar-refractivity contribution in [2.45, 2.75) is 31.7 Å². The minimum absolute atomic E-state index is 0.0650. The zero-order chi connectivity index (χ0) is 16.2. The third-order valence-corrected chi connectivity index (χ3v) is 4.51. The second kappa shape index (κ2) is 6.94. The lowest BCUT2D eigenvalue weighted by molar-refractivity contribution is 0.483. The van der Waals surface area contributed by atoms with Crippen LogP contribution >= 0.6 is 0 Å². The molecule has 2 rings (SSSR count). The largest absolute Gasteiger partial charge is 0.367 e. The monoisotopic (exact) mass is 319 g/mol. The van der Waals surface area contributed by atoms with Crippen LogP contribution in [-0.2, 0) is 23.1 Å². The molecular weight excluding hydrogens is 298 g/mol. The molecule has 2 aromatic carbocycles. The topological polar surface area (TPSA) is 57.6 Å². The molecule has 0 heterocycles. The summed E-state index contributed by atoms with van der Waals surface area (Å²) < 4.78 is 31.7. The van der Waals surface area contributed by atoms with Crippen LogP contribution in [0, 0.1) is 0 Å². The van der Waals surface area contributed by atoms with Gasteiger partial charge in [-0.1, -0.05) is 37.3 Å². The third kappa shape index (κ3) is 3.87. The van der Waals surface area contributed by atoms with Crippen molar-refractivity contribution < 1.29 is 13.0 Å². The molecule has 0 aromatic heterocycles. The Morgan fingerprint density at radius 2 is 1.77 bits per heavy atom. The summed E-state index contributed by atoms with van der Waals surface area (Å²) in [6, 6.07) is 14.6. The number of anilines is 1. The lowest BCUT2D eigenvalue weighted by Gasteiger charge is -2.26. The molecule has 0 aliphatic carbocycles. The van der Waals surface area contributed by atoms with Crippen molar-refractivity contribution in [2.75, 3.05) is 11.4 Å². The van der Waals surface area contributed by atoms with Gasteiger partial charge in [0.1, 0.15) is 0 Å². The van der Waals surface area contributed by atoms with E-state index in [0.717, 1.165) is 24.2 Å². The van der Waals surface area contributed by atoms with Gasteiger partial charge in [-0.05, 0) is 42.7 Å². The molecule has 0 aliphatic rings. The average Bonchev–Trinajstić information content (AvgIpc) is 2.52. The van der Waals surface area contributed by atoms with Gasteiger partial charge in [-0.2, -0.15) is 8.42 Å². The van der Waals surface area contributed by atoms with Gasteiger partial charge < -0.3 is 4.90 Å². The summed E-state index contributed by atoms with van der Waals surface area (Å²) >= 11 is 0. The standard InChI is InChI=1S/C17H21NO3S/c1-3-15-9-5-6-11-17(15)18(4-2)13-14-8-7-10-16(12-14)22(19,20)21/h5-12H,3-4,13H2,1-2H3,(H,19,20,21). The maximum absolute atomic E-state index is 11.3. The van der Waals surface area contributed by atoms with Crippen LogP contribution in [0.25, 0.3) is 0 Å². The summed E-state index contributed by atoms with van der Waals surface area (Å²) in [5, 5.41) is 0. The molecule has 0 fully saturated rings. The molecule has 0 amide bonds. The summed E-state index contributed by atoms with van der Waals surface area (Å²) in [7, 11) is -4.16. The van der Waals surface area contributed by atoms with E-state index in [2.05, 4.69) is 30.9 Å². The first kappa shape index (κ1) is 16.5. The van der Waals surface area contributed by atoms with Crippen LogP contribution in [0.2, 0.25) is 0 Å². The molecular formula is C17H21NO3S. The minimum atomic E-state index is -4.16. The number of aryl methyl sites for hydroxylation is 1. The van der Waals surface area contributed by atoms with E-state index in [1.54, 1.807) is 6.07 Å². The van der Waals surface area contributed by atoms with E-state index >= 15 is 0 Å². The number of hydrogen-bond acceptors (Lipinski definition) is 3. The van der Waals surface area contributed by atoms with Gasteiger partial charge >= 0.3 is 0 Å². The van der Waals surface area contributed by atoms with E-state index in [1.165, 1.54) is 17.7 Å². The van der Waals surface area contributed by atoms with Gasteiger partial charge in [0.05, 0.1) is 4.90 Å². The highest BCUT2D eigenvalue weighted by molar-refractivity contribution is 7.85. The van der Waals surface area contributed by atoms with Crippen LogP contribution in [0.1, 0.15) is 25.0 Å². The van der Waals surface area contributed by atoms with E-state index < -0.39 is 10.1 Å². The fourth-order valence-corrected chi connectivity index (χ4v) is 3.06. The minimum Gasteiger partial charge on any atom is -0.367 e. The summed E-state index contributed by atoms with van der Waals surface area (Å²) in [5.41, 5.74) is 3.27. The van der Waals surface area contributed by atoms with Gasteiger partial charge in [0, 0.05) is 18.8 Å². The normalized spacial score (nSPS) is 11.4. The molecule has 4 nitrogen and oxygen atoms in total. The van der Waals surface area contributed by atoms with Crippen molar-refractivity contribution >= 4 is 15.8 Å². The highest BCUT2D eigenvalue weighted by atomic mass is 32.2. The van der Waals surface area contributed by atoms with Gasteiger partial charge in [-0.25, -0.2) is 0 Å². The maximum atomic E-state index is 11.3. The number of nitrogens with zero attached hydrogens (tertiary/aromatic N) is 1. The van der Waals surface area contributed by atoms with E-state index in [1.807, 2.05) is 18.2 Å². The van der Waals surface area contributed by atoms with Crippen LogP contribution in [-0.4, -0.2) is 19.5 Å². The van der Waals surface area contributed by atoms with Gasteiger partial charge in [0.2, 0.25) is 0 Å². The quantitative estimate of drug-likeness (QED) is 0.828. The molecule has 22 heavy (non-hydrogen) atoms. The molecule has 0 spiro atoms. The third-order valence-electron chi connectivity index (χ3n) is 3.66. The first-order chi connectivity index (χ1) is 10.5. The summed E-state index contributed by atoms with van der Waals surface area (Å²) in [6.45, 7) is 5.59. The van der Waals surface area contributed by atoms with Crippen molar-refractivity contribution in [1.29, 1.82) is 0 Å². The Kier molecular flexibility index (Phi) is 5.21. The number of rotatable bonds is 6. The van der Waals surface area contributed by atoms with Crippen molar-refractivity contribution in [3.05, 3.63) is 59.7 Å². The van der Waals surface area contributed by atoms with Crippen molar-refractivity contribution in [3.63, 3.8) is 0 Å². The molecule has 5 heteroatoms. The summed E-state index contributed by atoms with van der Waals surface area (Å²) in [5.74, 6) is 0. The molecule has 118 valence electrons. The Bertz CT molecular complexity index is 741. The Morgan fingerprint density at radius 3 is 2.41 bits per heavy atom. The van der Waals surface area contributed by atoms with Gasteiger partial charge in [0.15, 0.2) is 0 Å². The Balaban J connectivity index is 2.31. The fourth-order valence-electron chi connectivity index (χ4n) is 2.51. The van der Waals surface area contributed by atoms with E-state index in [9.17, 15) is 8.42 Å². The van der Waals surface area contributed by atoms with E-state index in [0.29, 0.717) is 6.54 Å². The Hall–Kier alpha value is -1.85. The second-order valence-electron chi connectivity index (χ2n) is 5.12. The molecule has 0 saturated heterocycles. The first-order valence-corrected chi connectivity index (χ1v) is 8.79. The molecule has 0 bridgehead atoms. The molecule has 0 aliphatic heterocycles. The number of para-hydroxylation sites is 1. The highest BCUT2D eigenvalue weighted by Crippen LogP contribution is 2.23. The smallest absolute Gasteiger partial charge is 0.294 e. The molecule has 1 N–H and O–H groups in total. The van der Waals surface area contributed by atoms with Crippen molar-refractivity contribution in [2.24, 2.45) is 0 Å². The number of benzene rings is 2. The highest BCUT2D eigenvalue weighted by Gasteiger charge is 2.12. The van der Waals surface area contributed by atoms with Crippen LogP contribution < -0.4 is 4.90 Å². The molecule has 2 aromatic rings. The lowest BCUT2D eigenvalue weighted by Crippen LogP contribution is -2.23. The summed E-state index contributed by atoms with van der Waals surface area (Å²) in [6.07, 6.45) is 0.942. The zero-order valence-electron chi connectivity index (χ0n) is 12.9. The van der Waals surface area contributed by atoms with Crippen LogP contribution in [0.3, 0.4) is 0 Å².